The van der Waals surface area contributed by atoms with Gasteiger partial charge in [-0.3, -0.25) is 14.6 Å². The minimum atomic E-state index is -0.396. The summed E-state index contributed by atoms with van der Waals surface area (Å²) in [6.07, 6.45) is 0.848. The van der Waals surface area contributed by atoms with Crippen LogP contribution in [0, 0.1) is 12.8 Å². The van der Waals surface area contributed by atoms with E-state index >= 15 is 0 Å². The van der Waals surface area contributed by atoms with Gasteiger partial charge in [-0.15, -0.1) is 0 Å². The van der Waals surface area contributed by atoms with Crippen LogP contribution in [0.15, 0.2) is 35.1 Å². The quantitative estimate of drug-likeness (QED) is 0.908. The van der Waals surface area contributed by atoms with E-state index in [2.05, 4.69) is 22.2 Å². The molecule has 0 spiro atoms. The maximum absolute atomic E-state index is 12.9. The maximum atomic E-state index is 12.9. The highest BCUT2D eigenvalue weighted by atomic mass is 16.2. The summed E-state index contributed by atoms with van der Waals surface area (Å²) >= 11 is 0. The van der Waals surface area contributed by atoms with Gasteiger partial charge in [-0.25, -0.2) is 4.98 Å². The largest absolute Gasteiger partial charge is 0.326 e. The number of carbonyl (C=O) groups is 1. The number of amides is 1. The molecule has 6 heteroatoms. The lowest BCUT2D eigenvalue weighted by Crippen LogP contribution is -2.47. The Labute approximate surface area is 140 Å². The number of nitrogens with one attached hydrogen (secondary N) is 2. The van der Waals surface area contributed by atoms with Crippen LogP contribution in [0.25, 0.3) is 0 Å². The van der Waals surface area contributed by atoms with Gasteiger partial charge >= 0.3 is 0 Å². The van der Waals surface area contributed by atoms with Gasteiger partial charge in [0.25, 0.3) is 5.56 Å². The standard InChI is InChI=1S/C18H22N4O2/c1-4-11(2)16-17(24)20-14-8-6-5-7-13(14)10-22(16)18-19-12(3)9-15(23)21-18/h5-9,11,16H,4,10H2,1-3H3,(H,20,24)(H,19,21,23). The molecular weight excluding hydrogens is 304 g/mol. The van der Waals surface area contributed by atoms with E-state index in [-0.39, 0.29) is 17.4 Å². The molecule has 0 aliphatic carbocycles. The van der Waals surface area contributed by atoms with Crippen molar-refractivity contribution < 1.29 is 4.79 Å². The molecule has 1 amide bonds. The van der Waals surface area contributed by atoms with Gasteiger partial charge in [-0.05, 0) is 24.5 Å². The summed E-state index contributed by atoms with van der Waals surface area (Å²) in [5.41, 5.74) is 2.24. The average molecular weight is 326 g/mol. The van der Waals surface area contributed by atoms with Crippen molar-refractivity contribution in [2.75, 3.05) is 10.2 Å². The number of nitrogens with zero attached hydrogens (tertiary/aromatic N) is 2. The molecule has 24 heavy (non-hydrogen) atoms. The molecule has 2 N–H and O–H groups in total. The number of hydrogen-bond acceptors (Lipinski definition) is 4. The molecule has 126 valence electrons. The molecule has 1 aliphatic heterocycles. The Bertz CT molecular complexity index is 815. The van der Waals surface area contributed by atoms with E-state index in [1.165, 1.54) is 6.07 Å². The number of carbonyl (C=O) groups excluding carboxylic acids is 1. The molecule has 1 aromatic heterocycles. The Morgan fingerprint density at radius 2 is 2.08 bits per heavy atom. The second-order valence-electron chi connectivity index (χ2n) is 6.32. The van der Waals surface area contributed by atoms with Crippen LogP contribution < -0.4 is 15.8 Å². The second-order valence-corrected chi connectivity index (χ2v) is 6.32. The number of aromatic amines is 1. The van der Waals surface area contributed by atoms with Gasteiger partial charge in [-0.1, -0.05) is 38.5 Å². The number of hydrogen-bond donors (Lipinski definition) is 2. The molecule has 0 saturated carbocycles. The van der Waals surface area contributed by atoms with Crippen LogP contribution in [0.2, 0.25) is 0 Å². The zero-order valence-corrected chi connectivity index (χ0v) is 14.2. The topological polar surface area (TPSA) is 78.1 Å². The third-order valence-corrected chi connectivity index (χ3v) is 4.53. The van der Waals surface area contributed by atoms with Gasteiger partial charge in [-0.2, -0.15) is 0 Å². The van der Waals surface area contributed by atoms with Crippen LogP contribution in [-0.4, -0.2) is 21.9 Å². The van der Waals surface area contributed by atoms with Crippen LogP contribution >= 0.6 is 0 Å². The molecule has 3 rings (SSSR count). The highest BCUT2D eigenvalue weighted by Crippen LogP contribution is 2.29. The molecule has 0 fully saturated rings. The molecule has 1 aliphatic rings. The van der Waals surface area contributed by atoms with Gasteiger partial charge in [0.05, 0.1) is 0 Å². The van der Waals surface area contributed by atoms with Crippen molar-refractivity contribution in [2.24, 2.45) is 5.92 Å². The number of fused-ring (bicyclic) bond motifs is 1. The second kappa shape index (κ2) is 6.47. The van der Waals surface area contributed by atoms with E-state index in [9.17, 15) is 9.59 Å². The Kier molecular flexibility index (Phi) is 4.38. The third-order valence-electron chi connectivity index (χ3n) is 4.53. The highest BCUT2D eigenvalue weighted by molar-refractivity contribution is 5.98. The first-order valence-corrected chi connectivity index (χ1v) is 8.23. The lowest BCUT2D eigenvalue weighted by molar-refractivity contribution is -0.118. The fourth-order valence-electron chi connectivity index (χ4n) is 3.10. The number of rotatable bonds is 3. The van der Waals surface area contributed by atoms with Crippen LogP contribution in [0.5, 0.6) is 0 Å². The van der Waals surface area contributed by atoms with Gasteiger partial charge in [0.15, 0.2) is 0 Å². The van der Waals surface area contributed by atoms with Crippen molar-refractivity contribution >= 4 is 17.5 Å². The summed E-state index contributed by atoms with van der Waals surface area (Å²) in [5, 5.41) is 3.02. The fraction of sp³-hybridized carbons (Fsp3) is 0.389. The molecule has 6 nitrogen and oxygen atoms in total. The predicted octanol–water partition coefficient (Wildman–Crippen LogP) is 2.45. The Morgan fingerprint density at radius 1 is 1.33 bits per heavy atom. The zero-order chi connectivity index (χ0) is 17.3. The molecular formula is C18H22N4O2. The summed E-state index contributed by atoms with van der Waals surface area (Å²) < 4.78 is 0. The first-order chi connectivity index (χ1) is 11.5. The normalized spacial score (nSPS) is 18.5. The van der Waals surface area contributed by atoms with Gasteiger partial charge < -0.3 is 10.2 Å². The number of anilines is 2. The Balaban J connectivity index is 2.13. The lowest BCUT2D eigenvalue weighted by Gasteiger charge is -2.32. The van der Waals surface area contributed by atoms with Crippen molar-refractivity contribution in [2.45, 2.75) is 39.8 Å². The van der Waals surface area contributed by atoms with Crippen molar-refractivity contribution in [3.05, 3.63) is 51.9 Å². The number of H-pyrrole nitrogens is 1. The molecule has 2 aromatic rings. The highest BCUT2D eigenvalue weighted by Gasteiger charge is 2.35. The van der Waals surface area contributed by atoms with Gasteiger partial charge in [0.1, 0.15) is 6.04 Å². The number of benzene rings is 1. The predicted molar refractivity (Wildman–Crippen MR) is 94.1 cm³/mol. The monoisotopic (exact) mass is 326 g/mol. The van der Waals surface area contributed by atoms with E-state index in [1.807, 2.05) is 36.1 Å². The molecule has 2 atom stereocenters. The van der Waals surface area contributed by atoms with E-state index in [4.69, 9.17) is 0 Å². The summed E-state index contributed by atoms with van der Waals surface area (Å²) in [5.74, 6) is 0.487. The van der Waals surface area contributed by atoms with Crippen molar-refractivity contribution in [1.29, 1.82) is 0 Å². The van der Waals surface area contributed by atoms with Crippen molar-refractivity contribution in [3.63, 3.8) is 0 Å². The number of aromatic nitrogens is 2. The van der Waals surface area contributed by atoms with Gasteiger partial charge in [0, 0.05) is 24.0 Å². The van der Waals surface area contributed by atoms with Crippen LogP contribution in [0.4, 0.5) is 11.6 Å². The lowest BCUT2D eigenvalue weighted by atomic mass is 9.97. The summed E-state index contributed by atoms with van der Waals surface area (Å²) in [7, 11) is 0. The van der Waals surface area contributed by atoms with Crippen LogP contribution in [0.3, 0.4) is 0 Å². The van der Waals surface area contributed by atoms with Gasteiger partial charge in [0.2, 0.25) is 11.9 Å². The van der Waals surface area contributed by atoms with E-state index in [0.29, 0.717) is 18.2 Å². The van der Waals surface area contributed by atoms with Crippen LogP contribution in [-0.2, 0) is 11.3 Å². The minimum Gasteiger partial charge on any atom is -0.326 e. The molecule has 0 saturated heterocycles. The maximum Gasteiger partial charge on any atom is 0.252 e. The minimum absolute atomic E-state index is 0.0709. The smallest absolute Gasteiger partial charge is 0.252 e. The Morgan fingerprint density at radius 3 is 2.79 bits per heavy atom. The average Bonchev–Trinajstić information content (AvgIpc) is 2.69. The summed E-state index contributed by atoms with van der Waals surface area (Å²) in [6, 6.07) is 8.78. The Hall–Kier alpha value is -2.63. The molecule has 1 aromatic carbocycles. The number of aryl methyl sites for hydroxylation is 1. The molecule has 0 bridgehead atoms. The fourth-order valence-corrected chi connectivity index (χ4v) is 3.10. The van der Waals surface area contributed by atoms with E-state index in [1.54, 1.807) is 6.92 Å². The zero-order valence-electron chi connectivity index (χ0n) is 14.2. The SMILES string of the molecule is CCC(C)C1C(=O)Nc2ccccc2CN1c1nc(C)cc(=O)[nH]1. The van der Waals surface area contributed by atoms with Crippen molar-refractivity contribution in [3.8, 4) is 0 Å². The van der Waals surface area contributed by atoms with Crippen LogP contribution in [0.1, 0.15) is 31.5 Å². The van der Waals surface area contributed by atoms with E-state index < -0.39 is 6.04 Å². The molecule has 2 heterocycles. The van der Waals surface area contributed by atoms with Crippen molar-refractivity contribution in [1.82, 2.24) is 9.97 Å². The first kappa shape index (κ1) is 16.2. The summed E-state index contributed by atoms with van der Waals surface area (Å²) in [6.45, 7) is 6.39. The molecule has 0 radical (unpaired) electrons. The van der Waals surface area contributed by atoms with E-state index in [0.717, 1.165) is 17.7 Å². The summed E-state index contributed by atoms with van der Waals surface area (Å²) in [4.78, 5) is 33.9. The first-order valence-electron chi connectivity index (χ1n) is 8.23. The number of para-hydroxylation sites is 1. The molecule has 2 unspecified atom stereocenters. The third kappa shape index (κ3) is 3.04.